The standard InChI is InChI=1S/C15H22N6O/c1-20-13-12(10-16-20)14(21-6-8-22-9-7-21)19-15(18-13)17-11-4-2-3-5-11/h10-11H,2-9H2,1H3,(H,17,18,19). The number of hydrogen-bond acceptors (Lipinski definition) is 6. The number of morpholine rings is 1. The van der Waals surface area contributed by atoms with Gasteiger partial charge in [-0.2, -0.15) is 15.1 Å². The minimum atomic E-state index is 0.503. The van der Waals surface area contributed by atoms with Crippen LogP contribution in [0.4, 0.5) is 11.8 Å². The van der Waals surface area contributed by atoms with Crippen molar-refractivity contribution in [3.63, 3.8) is 0 Å². The molecule has 1 saturated carbocycles. The van der Waals surface area contributed by atoms with E-state index in [1.54, 1.807) is 0 Å². The third kappa shape index (κ3) is 2.49. The van der Waals surface area contributed by atoms with E-state index in [1.807, 2.05) is 17.9 Å². The molecule has 2 aromatic rings. The fourth-order valence-corrected chi connectivity index (χ4v) is 3.34. The second kappa shape index (κ2) is 5.72. The van der Waals surface area contributed by atoms with Crippen molar-refractivity contribution >= 4 is 22.8 Å². The normalized spacial score (nSPS) is 20.0. The second-order valence-corrected chi connectivity index (χ2v) is 6.10. The van der Waals surface area contributed by atoms with Gasteiger partial charge >= 0.3 is 0 Å². The third-order valence-corrected chi connectivity index (χ3v) is 4.57. The van der Waals surface area contributed by atoms with Crippen LogP contribution in [0.5, 0.6) is 0 Å². The van der Waals surface area contributed by atoms with E-state index >= 15 is 0 Å². The smallest absolute Gasteiger partial charge is 0.226 e. The van der Waals surface area contributed by atoms with Crippen LogP contribution in [0.1, 0.15) is 25.7 Å². The van der Waals surface area contributed by atoms with E-state index in [0.717, 1.165) is 49.1 Å². The molecule has 0 spiro atoms. The molecular formula is C15H22N6O. The van der Waals surface area contributed by atoms with E-state index < -0.39 is 0 Å². The average molecular weight is 302 g/mol. The zero-order valence-electron chi connectivity index (χ0n) is 13.0. The summed E-state index contributed by atoms with van der Waals surface area (Å²) >= 11 is 0. The van der Waals surface area contributed by atoms with Gasteiger partial charge in [-0.05, 0) is 12.8 Å². The Hall–Kier alpha value is -1.89. The Morgan fingerprint density at radius 2 is 1.95 bits per heavy atom. The van der Waals surface area contributed by atoms with Crippen LogP contribution in [0.2, 0.25) is 0 Å². The van der Waals surface area contributed by atoms with E-state index in [2.05, 4.69) is 20.3 Å². The highest BCUT2D eigenvalue weighted by Crippen LogP contribution is 2.27. The zero-order valence-corrected chi connectivity index (χ0v) is 13.0. The Morgan fingerprint density at radius 1 is 1.18 bits per heavy atom. The van der Waals surface area contributed by atoms with E-state index in [4.69, 9.17) is 9.72 Å². The van der Waals surface area contributed by atoms with Gasteiger partial charge in [0, 0.05) is 26.2 Å². The summed E-state index contributed by atoms with van der Waals surface area (Å²) in [6.45, 7) is 3.22. The van der Waals surface area contributed by atoms with Gasteiger partial charge < -0.3 is 15.0 Å². The van der Waals surface area contributed by atoms with Crippen LogP contribution in [0.15, 0.2) is 6.20 Å². The Balaban J connectivity index is 1.72. The molecule has 0 bridgehead atoms. The Bertz CT molecular complexity index is 657. The van der Waals surface area contributed by atoms with Gasteiger partial charge in [0.15, 0.2) is 5.65 Å². The summed E-state index contributed by atoms with van der Waals surface area (Å²) in [6.07, 6.45) is 6.86. The molecule has 0 amide bonds. The minimum Gasteiger partial charge on any atom is -0.378 e. The van der Waals surface area contributed by atoms with Gasteiger partial charge in [-0.15, -0.1) is 0 Å². The summed E-state index contributed by atoms with van der Waals surface area (Å²) in [7, 11) is 1.93. The predicted octanol–water partition coefficient (Wildman–Crippen LogP) is 1.55. The Morgan fingerprint density at radius 3 is 2.73 bits per heavy atom. The number of aromatic nitrogens is 4. The van der Waals surface area contributed by atoms with Crippen molar-refractivity contribution in [3.8, 4) is 0 Å². The monoisotopic (exact) mass is 302 g/mol. The quantitative estimate of drug-likeness (QED) is 0.928. The molecular weight excluding hydrogens is 280 g/mol. The van der Waals surface area contributed by atoms with E-state index in [-0.39, 0.29) is 0 Å². The highest BCUT2D eigenvalue weighted by molar-refractivity contribution is 5.88. The van der Waals surface area contributed by atoms with Crippen LogP contribution in [0.3, 0.4) is 0 Å². The largest absolute Gasteiger partial charge is 0.378 e. The zero-order chi connectivity index (χ0) is 14.9. The van der Waals surface area contributed by atoms with Crippen LogP contribution in [-0.4, -0.2) is 52.1 Å². The summed E-state index contributed by atoms with van der Waals surface area (Å²) in [4.78, 5) is 11.7. The molecule has 1 aliphatic carbocycles. The number of anilines is 2. The van der Waals surface area contributed by atoms with Crippen LogP contribution in [0, 0.1) is 0 Å². The highest BCUT2D eigenvalue weighted by atomic mass is 16.5. The summed E-state index contributed by atoms with van der Waals surface area (Å²) in [5.74, 6) is 1.70. The second-order valence-electron chi connectivity index (χ2n) is 6.10. The summed E-state index contributed by atoms with van der Waals surface area (Å²) < 4.78 is 7.28. The van der Waals surface area contributed by atoms with Gasteiger partial charge in [-0.3, -0.25) is 4.68 Å². The topological polar surface area (TPSA) is 68.1 Å². The Labute approximate surface area is 129 Å². The van der Waals surface area contributed by atoms with Crippen molar-refractivity contribution in [2.75, 3.05) is 36.5 Å². The number of rotatable bonds is 3. The first-order chi connectivity index (χ1) is 10.8. The van der Waals surface area contributed by atoms with Gasteiger partial charge in [-0.1, -0.05) is 12.8 Å². The van der Waals surface area contributed by atoms with Crippen LogP contribution >= 0.6 is 0 Å². The van der Waals surface area contributed by atoms with Crippen LogP contribution in [0.25, 0.3) is 11.0 Å². The lowest BCUT2D eigenvalue weighted by Gasteiger charge is -2.28. The summed E-state index contributed by atoms with van der Waals surface area (Å²) in [5, 5.41) is 8.88. The van der Waals surface area contributed by atoms with E-state index in [0.29, 0.717) is 6.04 Å². The van der Waals surface area contributed by atoms with Crippen molar-refractivity contribution in [1.29, 1.82) is 0 Å². The van der Waals surface area contributed by atoms with Crippen molar-refractivity contribution in [3.05, 3.63) is 6.20 Å². The first kappa shape index (κ1) is 13.8. The number of ether oxygens (including phenoxy) is 1. The summed E-state index contributed by atoms with van der Waals surface area (Å²) in [5.41, 5.74) is 0.886. The molecule has 0 atom stereocenters. The van der Waals surface area contributed by atoms with E-state index in [9.17, 15) is 0 Å². The molecule has 0 radical (unpaired) electrons. The number of nitrogens with zero attached hydrogens (tertiary/aromatic N) is 5. The number of fused-ring (bicyclic) bond motifs is 1. The van der Waals surface area contributed by atoms with Crippen LogP contribution in [-0.2, 0) is 11.8 Å². The van der Waals surface area contributed by atoms with Gasteiger partial charge in [0.05, 0.1) is 24.8 Å². The highest BCUT2D eigenvalue weighted by Gasteiger charge is 2.21. The third-order valence-electron chi connectivity index (χ3n) is 4.57. The SMILES string of the molecule is Cn1ncc2c(N3CCOCC3)nc(NC3CCCC3)nc21. The maximum atomic E-state index is 5.45. The summed E-state index contributed by atoms with van der Waals surface area (Å²) in [6, 6.07) is 0.503. The fourth-order valence-electron chi connectivity index (χ4n) is 3.34. The molecule has 7 nitrogen and oxygen atoms in total. The molecule has 2 aromatic heterocycles. The van der Waals surface area contributed by atoms with Crippen molar-refractivity contribution in [1.82, 2.24) is 19.7 Å². The first-order valence-electron chi connectivity index (χ1n) is 8.10. The van der Waals surface area contributed by atoms with Crippen molar-refractivity contribution in [2.24, 2.45) is 7.05 Å². The number of nitrogens with one attached hydrogen (secondary N) is 1. The molecule has 1 aliphatic heterocycles. The van der Waals surface area contributed by atoms with E-state index in [1.165, 1.54) is 25.7 Å². The molecule has 1 N–H and O–H groups in total. The maximum absolute atomic E-state index is 5.45. The lowest BCUT2D eigenvalue weighted by atomic mass is 10.2. The fraction of sp³-hybridized carbons (Fsp3) is 0.667. The average Bonchev–Trinajstić information content (AvgIpc) is 3.18. The number of aryl methyl sites for hydroxylation is 1. The lowest BCUT2D eigenvalue weighted by molar-refractivity contribution is 0.122. The van der Waals surface area contributed by atoms with Gasteiger partial charge in [0.25, 0.3) is 0 Å². The Kier molecular flexibility index (Phi) is 3.57. The lowest BCUT2D eigenvalue weighted by Crippen LogP contribution is -2.37. The molecule has 2 aliphatic rings. The molecule has 22 heavy (non-hydrogen) atoms. The molecule has 4 rings (SSSR count). The van der Waals surface area contributed by atoms with Crippen molar-refractivity contribution < 1.29 is 4.74 Å². The van der Waals surface area contributed by atoms with Crippen molar-refractivity contribution in [2.45, 2.75) is 31.7 Å². The molecule has 0 aromatic carbocycles. The first-order valence-corrected chi connectivity index (χ1v) is 8.10. The van der Waals surface area contributed by atoms with Gasteiger partial charge in [0.1, 0.15) is 5.82 Å². The van der Waals surface area contributed by atoms with Crippen LogP contribution < -0.4 is 10.2 Å². The molecule has 3 heterocycles. The molecule has 118 valence electrons. The minimum absolute atomic E-state index is 0.503. The molecule has 1 saturated heterocycles. The maximum Gasteiger partial charge on any atom is 0.226 e. The predicted molar refractivity (Wildman–Crippen MR) is 85.2 cm³/mol. The molecule has 7 heteroatoms. The number of hydrogen-bond donors (Lipinski definition) is 1. The van der Waals surface area contributed by atoms with Gasteiger partial charge in [0.2, 0.25) is 5.95 Å². The van der Waals surface area contributed by atoms with Gasteiger partial charge in [-0.25, -0.2) is 0 Å². The molecule has 2 fully saturated rings. The molecule has 0 unspecified atom stereocenters.